The van der Waals surface area contributed by atoms with Crippen LogP contribution in [0.4, 0.5) is 5.69 Å². The molecule has 28 heavy (non-hydrogen) atoms. The summed E-state index contributed by atoms with van der Waals surface area (Å²) in [6.07, 6.45) is 0. The van der Waals surface area contributed by atoms with Gasteiger partial charge in [-0.25, -0.2) is 0 Å². The molecule has 3 aromatic rings. The molecule has 142 valence electrons. The quantitative estimate of drug-likeness (QED) is 0.372. The van der Waals surface area contributed by atoms with Crippen molar-refractivity contribution in [2.24, 2.45) is 0 Å². The number of carbonyl (C=O) groups is 2. The molecule has 0 spiro atoms. The van der Waals surface area contributed by atoms with Crippen LogP contribution in [0.15, 0.2) is 59.0 Å². The van der Waals surface area contributed by atoms with Gasteiger partial charge in [0, 0.05) is 23.3 Å². The van der Waals surface area contributed by atoms with Crippen molar-refractivity contribution in [3.63, 3.8) is 0 Å². The lowest BCUT2D eigenvalue weighted by atomic mass is 10.2. The topological polar surface area (TPSA) is 137 Å². The van der Waals surface area contributed by atoms with E-state index in [0.29, 0.717) is 5.89 Å². The summed E-state index contributed by atoms with van der Waals surface area (Å²) in [6, 6.07) is 14.3. The maximum atomic E-state index is 12.0. The van der Waals surface area contributed by atoms with Gasteiger partial charge in [0.1, 0.15) is 6.54 Å². The number of hydrogen-bond donors (Lipinski definition) is 1. The van der Waals surface area contributed by atoms with Crippen LogP contribution in [-0.2, 0) is 16.1 Å². The van der Waals surface area contributed by atoms with E-state index >= 15 is 0 Å². The standard InChI is InChI=1S/C18H14N4O6/c23-16(10-19-17(24)13-7-4-8-14(9-13)22(25)26)27-11-15-20-21-18(28-15)12-5-2-1-3-6-12/h1-9H,10-11H2,(H,19,24). The van der Waals surface area contributed by atoms with Gasteiger partial charge in [0.25, 0.3) is 17.5 Å². The highest BCUT2D eigenvalue weighted by Crippen LogP contribution is 2.17. The molecule has 10 heteroatoms. The SMILES string of the molecule is O=C(CNC(=O)c1cccc([N+](=O)[O-])c1)OCc1nnc(-c2ccccc2)o1. The Balaban J connectivity index is 1.48. The van der Waals surface area contributed by atoms with Crippen LogP contribution in [0, 0.1) is 10.1 Å². The predicted octanol–water partition coefficient (Wildman–Crippen LogP) is 2.12. The summed E-state index contributed by atoms with van der Waals surface area (Å²) in [7, 11) is 0. The summed E-state index contributed by atoms with van der Waals surface area (Å²) >= 11 is 0. The molecule has 0 bridgehead atoms. The average molecular weight is 382 g/mol. The molecule has 0 unspecified atom stereocenters. The van der Waals surface area contributed by atoms with Gasteiger partial charge in [-0.3, -0.25) is 19.7 Å². The highest BCUT2D eigenvalue weighted by Gasteiger charge is 2.14. The fraction of sp³-hybridized carbons (Fsp3) is 0.111. The van der Waals surface area contributed by atoms with Gasteiger partial charge in [-0.05, 0) is 18.2 Å². The number of esters is 1. The zero-order valence-electron chi connectivity index (χ0n) is 14.4. The molecule has 0 saturated carbocycles. The molecular weight excluding hydrogens is 368 g/mol. The molecule has 0 saturated heterocycles. The molecule has 1 amide bonds. The van der Waals surface area contributed by atoms with Gasteiger partial charge in [-0.2, -0.15) is 0 Å². The first-order valence-electron chi connectivity index (χ1n) is 8.09. The number of nitrogens with one attached hydrogen (secondary N) is 1. The van der Waals surface area contributed by atoms with E-state index in [0.717, 1.165) is 11.6 Å². The van der Waals surface area contributed by atoms with Crippen LogP contribution in [0.25, 0.3) is 11.5 Å². The molecule has 3 rings (SSSR count). The summed E-state index contributed by atoms with van der Waals surface area (Å²) in [5.74, 6) is -0.953. The van der Waals surface area contributed by atoms with E-state index in [2.05, 4.69) is 15.5 Å². The number of rotatable bonds is 7. The third-order valence-electron chi connectivity index (χ3n) is 3.56. The molecule has 1 N–H and O–H groups in total. The van der Waals surface area contributed by atoms with Crippen LogP contribution in [0.5, 0.6) is 0 Å². The Morgan fingerprint density at radius 2 is 1.89 bits per heavy atom. The second-order valence-corrected chi connectivity index (χ2v) is 5.52. The fourth-order valence-corrected chi connectivity index (χ4v) is 2.22. The summed E-state index contributed by atoms with van der Waals surface area (Å²) in [6.45, 7) is -0.660. The van der Waals surface area contributed by atoms with Crippen LogP contribution in [0.1, 0.15) is 16.2 Å². The summed E-state index contributed by atoms with van der Waals surface area (Å²) in [5.41, 5.74) is 0.573. The fourth-order valence-electron chi connectivity index (χ4n) is 2.22. The zero-order chi connectivity index (χ0) is 19.9. The van der Waals surface area contributed by atoms with E-state index in [1.165, 1.54) is 18.2 Å². The van der Waals surface area contributed by atoms with Crippen LogP contribution in [0.3, 0.4) is 0 Å². The number of carbonyl (C=O) groups excluding carboxylic acids is 2. The summed E-state index contributed by atoms with van der Waals surface area (Å²) in [4.78, 5) is 33.9. The lowest BCUT2D eigenvalue weighted by molar-refractivity contribution is -0.384. The molecule has 0 radical (unpaired) electrons. The molecule has 0 aliphatic carbocycles. The number of nitro benzene ring substituents is 1. The minimum absolute atomic E-state index is 0.0615. The summed E-state index contributed by atoms with van der Waals surface area (Å²) in [5, 5.41) is 20.7. The highest BCUT2D eigenvalue weighted by molar-refractivity contribution is 5.96. The minimum Gasteiger partial charge on any atom is -0.454 e. The predicted molar refractivity (Wildman–Crippen MR) is 95.0 cm³/mol. The maximum Gasteiger partial charge on any atom is 0.325 e. The van der Waals surface area contributed by atoms with Crippen LogP contribution in [-0.4, -0.2) is 33.5 Å². The van der Waals surface area contributed by atoms with Gasteiger partial charge in [-0.1, -0.05) is 24.3 Å². The Kier molecular flexibility index (Phi) is 5.70. The van der Waals surface area contributed by atoms with Crippen molar-refractivity contribution < 1.29 is 23.7 Å². The van der Waals surface area contributed by atoms with Gasteiger partial charge in [0.05, 0.1) is 4.92 Å². The van der Waals surface area contributed by atoms with Gasteiger partial charge in [-0.15, -0.1) is 10.2 Å². The Bertz CT molecular complexity index is 1000. The molecule has 10 nitrogen and oxygen atoms in total. The van der Waals surface area contributed by atoms with E-state index in [1.807, 2.05) is 18.2 Å². The maximum absolute atomic E-state index is 12.0. The van der Waals surface area contributed by atoms with Crippen molar-refractivity contribution >= 4 is 17.6 Å². The number of amides is 1. The third-order valence-corrected chi connectivity index (χ3v) is 3.56. The Morgan fingerprint density at radius 3 is 2.64 bits per heavy atom. The lowest BCUT2D eigenvalue weighted by Crippen LogP contribution is -2.30. The third kappa shape index (κ3) is 4.75. The number of nitro groups is 1. The first-order chi connectivity index (χ1) is 13.5. The number of ether oxygens (including phenoxy) is 1. The number of nitrogens with zero attached hydrogens (tertiary/aromatic N) is 3. The Morgan fingerprint density at radius 1 is 1.11 bits per heavy atom. The highest BCUT2D eigenvalue weighted by atomic mass is 16.6. The van der Waals surface area contributed by atoms with Gasteiger partial charge >= 0.3 is 5.97 Å². The van der Waals surface area contributed by atoms with Crippen molar-refractivity contribution in [1.29, 1.82) is 0 Å². The minimum atomic E-state index is -0.724. The first kappa shape index (κ1) is 18.7. The normalized spacial score (nSPS) is 10.3. The molecule has 0 fully saturated rings. The van der Waals surface area contributed by atoms with Gasteiger partial charge in [0.15, 0.2) is 6.61 Å². The van der Waals surface area contributed by atoms with Crippen molar-refractivity contribution in [1.82, 2.24) is 15.5 Å². The van der Waals surface area contributed by atoms with Crippen molar-refractivity contribution in [2.45, 2.75) is 6.61 Å². The van der Waals surface area contributed by atoms with Crippen molar-refractivity contribution in [3.8, 4) is 11.5 Å². The summed E-state index contributed by atoms with van der Waals surface area (Å²) < 4.78 is 10.4. The second kappa shape index (κ2) is 8.54. The van der Waals surface area contributed by atoms with E-state index in [-0.39, 0.29) is 23.7 Å². The van der Waals surface area contributed by atoms with Crippen LogP contribution in [0.2, 0.25) is 0 Å². The van der Waals surface area contributed by atoms with Crippen molar-refractivity contribution in [2.75, 3.05) is 6.54 Å². The van der Waals surface area contributed by atoms with Crippen LogP contribution < -0.4 is 5.32 Å². The number of aromatic nitrogens is 2. The smallest absolute Gasteiger partial charge is 0.325 e. The lowest BCUT2D eigenvalue weighted by Gasteiger charge is -2.05. The van der Waals surface area contributed by atoms with Gasteiger partial charge in [0.2, 0.25) is 5.89 Å². The van der Waals surface area contributed by atoms with Crippen LogP contribution >= 0.6 is 0 Å². The Labute approximate surface area is 158 Å². The molecular formula is C18H14N4O6. The molecule has 1 aromatic heterocycles. The average Bonchev–Trinajstić information content (AvgIpc) is 3.20. The molecule has 0 atom stereocenters. The number of hydrogen-bond acceptors (Lipinski definition) is 8. The van der Waals surface area contributed by atoms with E-state index in [4.69, 9.17) is 9.15 Å². The van der Waals surface area contributed by atoms with E-state index in [9.17, 15) is 19.7 Å². The van der Waals surface area contributed by atoms with Crippen molar-refractivity contribution in [3.05, 3.63) is 76.2 Å². The zero-order valence-corrected chi connectivity index (χ0v) is 14.4. The monoisotopic (exact) mass is 382 g/mol. The number of non-ortho nitro benzene ring substituents is 1. The van der Waals surface area contributed by atoms with Gasteiger partial charge < -0.3 is 14.5 Å². The second-order valence-electron chi connectivity index (χ2n) is 5.52. The van der Waals surface area contributed by atoms with E-state index in [1.54, 1.807) is 12.1 Å². The number of benzene rings is 2. The molecule has 0 aliphatic heterocycles. The molecule has 1 heterocycles. The largest absolute Gasteiger partial charge is 0.454 e. The molecule has 0 aliphatic rings. The Hall–Kier alpha value is -4.08. The first-order valence-corrected chi connectivity index (χ1v) is 8.09. The molecule has 2 aromatic carbocycles. The van der Waals surface area contributed by atoms with E-state index < -0.39 is 23.3 Å².